The van der Waals surface area contributed by atoms with Gasteiger partial charge in [-0.2, -0.15) is 0 Å². The van der Waals surface area contributed by atoms with Crippen LogP contribution < -0.4 is 0 Å². The van der Waals surface area contributed by atoms with Gasteiger partial charge in [0, 0.05) is 19.2 Å². The van der Waals surface area contributed by atoms with E-state index in [-0.39, 0.29) is 29.8 Å². The first kappa shape index (κ1) is 15.5. The lowest BCUT2D eigenvalue weighted by atomic mass is 9.95. The molecule has 0 unspecified atom stereocenters. The monoisotopic (exact) mass is 288 g/mol. The van der Waals surface area contributed by atoms with Crippen LogP contribution in [0.1, 0.15) is 37.6 Å². The van der Waals surface area contributed by atoms with Crippen molar-refractivity contribution in [1.82, 2.24) is 9.80 Å². The minimum atomic E-state index is -0.173. The van der Waals surface area contributed by atoms with E-state index in [1.165, 1.54) is 0 Å². The number of benzene rings is 1. The molecule has 1 aliphatic rings. The van der Waals surface area contributed by atoms with Crippen LogP contribution in [0.15, 0.2) is 30.3 Å². The maximum Gasteiger partial charge on any atom is 0.255 e. The normalized spacial score (nSPS) is 22.8. The van der Waals surface area contributed by atoms with E-state index in [1.807, 2.05) is 56.0 Å². The summed E-state index contributed by atoms with van der Waals surface area (Å²) in [7, 11) is 1.81. The molecule has 1 aromatic rings. The molecule has 1 fully saturated rings. The molecule has 0 N–H and O–H groups in total. The Bertz CT molecular complexity index is 513. The van der Waals surface area contributed by atoms with Crippen LogP contribution in [0.3, 0.4) is 0 Å². The third-order valence-corrected chi connectivity index (χ3v) is 4.20. The minimum Gasteiger partial charge on any atom is -0.325 e. The molecule has 1 saturated heterocycles. The molecule has 0 radical (unpaired) electrons. The Morgan fingerprint density at radius 1 is 1.29 bits per heavy atom. The first-order chi connectivity index (χ1) is 9.97. The first-order valence-corrected chi connectivity index (χ1v) is 7.60. The van der Waals surface area contributed by atoms with Gasteiger partial charge >= 0.3 is 0 Å². The molecule has 0 spiro atoms. The van der Waals surface area contributed by atoms with E-state index in [4.69, 9.17) is 0 Å². The summed E-state index contributed by atoms with van der Waals surface area (Å²) < 4.78 is 0. The predicted molar refractivity (Wildman–Crippen MR) is 82.7 cm³/mol. The molecule has 4 heteroatoms. The van der Waals surface area contributed by atoms with Gasteiger partial charge < -0.3 is 9.80 Å². The highest BCUT2D eigenvalue weighted by molar-refractivity contribution is 5.95. The second-order valence-corrected chi connectivity index (χ2v) is 6.04. The van der Waals surface area contributed by atoms with Crippen molar-refractivity contribution in [3.05, 3.63) is 35.9 Å². The highest BCUT2D eigenvalue weighted by Gasteiger charge is 2.41. The number of hydrogen-bond donors (Lipinski definition) is 0. The zero-order valence-electron chi connectivity index (χ0n) is 13.2. The van der Waals surface area contributed by atoms with Gasteiger partial charge in [0.2, 0.25) is 5.91 Å². The van der Waals surface area contributed by atoms with E-state index in [0.717, 1.165) is 6.42 Å². The zero-order valence-corrected chi connectivity index (χ0v) is 13.2. The Morgan fingerprint density at radius 3 is 2.43 bits per heavy atom. The Morgan fingerprint density at radius 2 is 1.90 bits per heavy atom. The number of amides is 2. The smallest absolute Gasteiger partial charge is 0.255 e. The summed E-state index contributed by atoms with van der Waals surface area (Å²) in [6.45, 7) is 6.60. The fourth-order valence-corrected chi connectivity index (χ4v) is 3.11. The average molecular weight is 288 g/mol. The summed E-state index contributed by atoms with van der Waals surface area (Å²) in [5.74, 6) is 0.252. The van der Waals surface area contributed by atoms with Crippen molar-refractivity contribution in [3.8, 4) is 0 Å². The molecule has 1 heterocycles. The fraction of sp³-hybridized carbons (Fsp3) is 0.529. The van der Waals surface area contributed by atoms with Gasteiger partial charge in [-0.1, -0.05) is 39.0 Å². The number of rotatable bonds is 3. The van der Waals surface area contributed by atoms with Crippen molar-refractivity contribution in [3.63, 3.8) is 0 Å². The van der Waals surface area contributed by atoms with Gasteiger partial charge in [0.15, 0.2) is 0 Å². The van der Waals surface area contributed by atoms with Crippen LogP contribution in [-0.2, 0) is 4.79 Å². The van der Waals surface area contributed by atoms with Crippen molar-refractivity contribution in [2.24, 2.45) is 11.8 Å². The highest BCUT2D eigenvalue weighted by atomic mass is 16.2. The van der Waals surface area contributed by atoms with Gasteiger partial charge in [0.05, 0.1) is 5.92 Å². The van der Waals surface area contributed by atoms with Gasteiger partial charge in [0.25, 0.3) is 5.91 Å². The molecule has 21 heavy (non-hydrogen) atoms. The number of carbonyl (C=O) groups excluding carboxylic acids is 2. The van der Waals surface area contributed by atoms with Crippen LogP contribution in [0.4, 0.5) is 0 Å². The van der Waals surface area contributed by atoms with Crippen molar-refractivity contribution >= 4 is 11.8 Å². The molecule has 2 rings (SSSR count). The number of hydrogen-bond acceptors (Lipinski definition) is 2. The molecular formula is C17H24N2O2. The fourth-order valence-electron chi connectivity index (χ4n) is 3.11. The molecule has 0 bridgehead atoms. The van der Waals surface area contributed by atoms with Crippen molar-refractivity contribution in [1.29, 1.82) is 0 Å². The Hall–Kier alpha value is -1.84. The summed E-state index contributed by atoms with van der Waals surface area (Å²) in [6.07, 6.45) is 0.583. The van der Waals surface area contributed by atoms with Gasteiger partial charge in [-0.15, -0.1) is 0 Å². The van der Waals surface area contributed by atoms with Crippen LogP contribution in [0.5, 0.6) is 0 Å². The van der Waals surface area contributed by atoms with Gasteiger partial charge in [-0.3, -0.25) is 9.59 Å². The summed E-state index contributed by atoms with van der Waals surface area (Å²) in [4.78, 5) is 28.8. The van der Waals surface area contributed by atoms with Gasteiger partial charge in [-0.05, 0) is 24.5 Å². The zero-order chi connectivity index (χ0) is 15.6. The van der Waals surface area contributed by atoms with E-state index in [1.54, 1.807) is 11.9 Å². The highest BCUT2D eigenvalue weighted by Crippen LogP contribution is 2.27. The lowest BCUT2D eigenvalue weighted by Crippen LogP contribution is -2.62. The summed E-state index contributed by atoms with van der Waals surface area (Å²) in [6, 6.07) is 9.30. The van der Waals surface area contributed by atoms with E-state index < -0.39 is 0 Å². The molecule has 4 nitrogen and oxygen atoms in total. The molecule has 0 aromatic heterocycles. The topological polar surface area (TPSA) is 40.6 Å². The standard InChI is InChI=1S/C17H24N2O2/c1-5-13-11-19(15(12(2)3)18(4)16(13)20)17(21)14-9-7-6-8-10-14/h6-10,12-13,15H,5,11H2,1-4H3/t13-,15+/m1/s1. The van der Waals surface area contributed by atoms with Crippen molar-refractivity contribution < 1.29 is 9.59 Å². The Labute approximate surface area is 126 Å². The third kappa shape index (κ3) is 2.94. The quantitative estimate of drug-likeness (QED) is 0.858. The van der Waals surface area contributed by atoms with E-state index in [9.17, 15) is 9.59 Å². The van der Waals surface area contributed by atoms with Crippen LogP contribution in [-0.4, -0.2) is 41.4 Å². The van der Waals surface area contributed by atoms with Gasteiger partial charge in [-0.25, -0.2) is 0 Å². The van der Waals surface area contributed by atoms with Crippen LogP contribution in [0, 0.1) is 11.8 Å². The lowest BCUT2D eigenvalue weighted by molar-refractivity contribution is -0.148. The van der Waals surface area contributed by atoms with E-state index >= 15 is 0 Å². The largest absolute Gasteiger partial charge is 0.325 e. The molecule has 1 aliphatic heterocycles. The second-order valence-electron chi connectivity index (χ2n) is 6.04. The summed E-state index contributed by atoms with van der Waals surface area (Å²) in [5, 5.41) is 0. The Balaban J connectivity index is 2.33. The predicted octanol–water partition coefficient (Wildman–Crippen LogP) is 2.61. The molecule has 0 saturated carbocycles. The van der Waals surface area contributed by atoms with Crippen LogP contribution in [0.2, 0.25) is 0 Å². The summed E-state index contributed by atoms with van der Waals surface area (Å²) >= 11 is 0. The maximum absolute atomic E-state index is 12.8. The minimum absolute atomic E-state index is 0.00657. The molecule has 114 valence electrons. The van der Waals surface area contributed by atoms with E-state index in [2.05, 4.69) is 0 Å². The maximum atomic E-state index is 12.8. The molecule has 2 amide bonds. The first-order valence-electron chi connectivity index (χ1n) is 7.60. The Kier molecular flexibility index (Phi) is 4.66. The molecule has 0 aliphatic carbocycles. The number of carbonyl (C=O) groups is 2. The molecule has 2 atom stereocenters. The van der Waals surface area contributed by atoms with Crippen molar-refractivity contribution in [2.45, 2.75) is 33.4 Å². The second kappa shape index (κ2) is 6.29. The SMILES string of the molecule is CC[C@@H]1CN(C(=O)c2ccccc2)[C@@H](C(C)C)N(C)C1=O. The lowest BCUT2D eigenvalue weighted by Gasteiger charge is -2.47. The van der Waals surface area contributed by atoms with E-state index in [0.29, 0.717) is 12.1 Å². The van der Waals surface area contributed by atoms with Gasteiger partial charge in [0.1, 0.15) is 6.17 Å². The van der Waals surface area contributed by atoms with Crippen LogP contribution in [0.25, 0.3) is 0 Å². The van der Waals surface area contributed by atoms with Crippen molar-refractivity contribution in [2.75, 3.05) is 13.6 Å². The molecular weight excluding hydrogens is 264 g/mol. The summed E-state index contributed by atoms with van der Waals surface area (Å²) in [5.41, 5.74) is 0.681. The molecule has 1 aromatic carbocycles. The average Bonchev–Trinajstić information content (AvgIpc) is 2.49. The number of nitrogens with zero attached hydrogens (tertiary/aromatic N) is 2. The third-order valence-electron chi connectivity index (χ3n) is 4.20. The van der Waals surface area contributed by atoms with Crippen LogP contribution >= 0.6 is 0 Å².